The first-order valence-corrected chi connectivity index (χ1v) is 28.2. The summed E-state index contributed by atoms with van der Waals surface area (Å²) in [6.07, 6.45) is 0. The van der Waals surface area contributed by atoms with Crippen molar-refractivity contribution in [3.8, 4) is 67.0 Å². The topological polar surface area (TPSA) is 9.86 Å². The molecule has 2 heteroatoms. The zero-order valence-corrected chi connectivity index (χ0v) is 44.1. The summed E-state index contributed by atoms with van der Waals surface area (Å²) in [5.41, 5.74) is 24.5. The molecular formula is C79H48N2. The molecule has 18 rings (SSSR count). The number of hydrogen-bond donors (Lipinski definition) is 0. The number of hydrogen-bond acceptors (Lipinski definition) is 0. The smallest absolute Gasteiger partial charge is 0.0731 e. The second-order valence-electron chi connectivity index (χ2n) is 22.2. The van der Waals surface area contributed by atoms with Crippen LogP contribution in [-0.4, -0.2) is 9.13 Å². The molecule has 0 bridgehead atoms. The Balaban J connectivity index is 0.946. The van der Waals surface area contributed by atoms with Gasteiger partial charge in [-0.2, -0.15) is 0 Å². The van der Waals surface area contributed by atoms with Crippen LogP contribution in [0.15, 0.2) is 291 Å². The third-order valence-corrected chi connectivity index (χ3v) is 18.3. The van der Waals surface area contributed by atoms with Gasteiger partial charge in [-0.3, -0.25) is 0 Å². The molecule has 0 saturated heterocycles. The Morgan fingerprint density at radius 2 is 0.667 bits per heavy atom. The average Bonchev–Trinajstić information content (AvgIpc) is 2.75. The second-order valence-corrected chi connectivity index (χ2v) is 22.2. The molecule has 1 unspecified atom stereocenters. The third-order valence-electron chi connectivity index (χ3n) is 18.3. The summed E-state index contributed by atoms with van der Waals surface area (Å²) in [5.74, 6) is 0. The number of para-hydroxylation sites is 4. The molecular weight excluding hydrogens is 977 g/mol. The van der Waals surface area contributed by atoms with E-state index in [9.17, 15) is 0 Å². The number of rotatable bonds is 5. The van der Waals surface area contributed by atoms with E-state index in [1.165, 1.54) is 154 Å². The molecule has 1 atom stereocenters. The highest BCUT2D eigenvalue weighted by atomic mass is 15.0. The fourth-order valence-electron chi connectivity index (χ4n) is 15.1. The molecule has 0 radical (unpaired) electrons. The Labute approximate surface area is 468 Å². The predicted molar refractivity (Wildman–Crippen MR) is 340 cm³/mol. The summed E-state index contributed by atoms with van der Waals surface area (Å²) in [5, 5.41) is 12.4. The zero-order chi connectivity index (χ0) is 52.9. The van der Waals surface area contributed by atoms with Crippen LogP contribution in [0.3, 0.4) is 0 Å². The van der Waals surface area contributed by atoms with Gasteiger partial charge in [-0.25, -0.2) is 0 Å². The molecule has 1 spiro atoms. The molecule has 16 aromatic rings. The van der Waals surface area contributed by atoms with Crippen molar-refractivity contribution >= 4 is 75.9 Å². The highest BCUT2D eigenvalue weighted by molar-refractivity contribution is 6.22. The van der Waals surface area contributed by atoms with E-state index in [1.54, 1.807) is 0 Å². The van der Waals surface area contributed by atoms with E-state index in [0.29, 0.717) is 0 Å². The van der Waals surface area contributed by atoms with Crippen LogP contribution in [0.5, 0.6) is 0 Å². The Morgan fingerprint density at radius 1 is 0.222 bits per heavy atom. The lowest BCUT2D eigenvalue weighted by Gasteiger charge is -2.31. The average molecular weight is 1030 g/mol. The summed E-state index contributed by atoms with van der Waals surface area (Å²) in [7, 11) is 0. The van der Waals surface area contributed by atoms with Crippen molar-refractivity contribution in [2.24, 2.45) is 0 Å². The standard InChI is InChI=1S/C79H48N2/c1-3-21-52(22-4-1)80-72-38-15-11-27-58(72)67-46-50(41-44-74(67)80)54-30-17-32-60-65(54)48-66-55(51-42-45-75-68(47-51)59-28-12-16-39-73(59)81(75)53-23-5-2-6-24-53)31-18-33-61(66)76(60)64-34-19-37-71-77(64)63-29-10-14-36-70(63)79(71)69-35-13-9-26-57(69)62-43-40-49-20-7-8-25-56(49)78(62)79/h1-48H. The van der Waals surface area contributed by atoms with Crippen molar-refractivity contribution in [2.75, 3.05) is 0 Å². The molecule has 0 aliphatic heterocycles. The minimum atomic E-state index is -0.534. The number of fused-ring (bicyclic) bond motifs is 20. The maximum absolute atomic E-state index is 2.52. The van der Waals surface area contributed by atoms with Gasteiger partial charge in [0.05, 0.1) is 27.5 Å². The number of benzene rings is 14. The molecule has 2 nitrogen and oxygen atoms in total. The molecule has 2 aliphatic rings. The van der Waals surface area contributed by atoms with Crippen molar-refractivity contribution < 1.29 is 0 Å². The van der Waals surface area contributed by atoms with Crippen molar-refractivity contribution in [1.29, 1.82) is 0 Å². The lowest BCUT2D eigenvalue weighted by Crippen LogP contribution is -2.26. The summed E-state index contributed by atoms with van der Waals surface area (Å²) >= 11 is 0. The van der Waals surface area contributed by atoms with Crippen LogP contribution in [-0.2, 0) is 5.41 Å². The van der Waals surface area contributed by atoms with E-state index >= 15 is 0 Å². The first-order valence-electron chi connectivity index (χ1n) is 28.2. The largest absolute Gasteiger partial charge is 0.309 e. The van der Waals surface area contributed by atoms with Gasteiger partial charge in [-0.15, -0.1) is 0 Å². The van der Waals surface area contributed by atoms with E-state index in [-0.39, 0.29) is 0 Å². The Hall–Kier alpha value is -10.5. The fourth-order valence-corrected chi connectivity index (χ4v) is 15.1. The van der Waals surface area contributed by atoms with Crippen LogP contribution >= 0.6 is 0 Å². The summed E-state index contributed by atoms with van der Waals surface area (Å²) in [6.45, 7) is 0. The Kier molecular flexibility index (Phi) is 9.18. The highest BCUT2D eigenvalue weighted by Crippen LogP contribution is 2.66. The van der Waals surface area contributed by atoms with Gasteiger partial charge in [0.25, 0.3) is 0 Å². The molecule has 2 aliphatic carbocycles. The van der Waals surface area contributed by atoms with E-state index < -0.39 is 5.41 Å². The van der Waals surface area contributed by atoms with Crippen molar-refractivity contribution in [3.05, 3.63) is 313 Å². The highest BCUT2D eigenvalue weighted by Gasteiger charge is 2.53. The monoisotopic (exact) mass is 1020 g/mol. The molecule has 374 valence electrons. The molecule has 14 aromatic carbocycles. The lowest BCUT2D eigenvalue weighted by atomic mass is 9.69. The fraction of sp³-hybridized carbons (Fsp3) is 0.0127. The van der Waals surface area contributed by atoms with E-state index in [0.717, 1.165) is 11.4 Å². The van der Waals surface area contributed by atoms with E-state index in [2.05, 4.69) is 300 Å². The molecule has 2 aromatic heterocycles. The molecule has 0 N–H and O–H groups in total. The molecule has 0 amide bonds. The van der Waals surface area contributed by atoms with Crippen LogP contribution < -0.4 is 0 Å². The van der Waals surface area contributed by atoms with Crippen LogP contribution in [0.25, 0.3) is 143 Å². The van der Waals surface area contributed by atoms with E-state index in [1.807, 2.05) is 0 Å². The van der Waals surface area contributed by atoms with Gasteiger partial charge in [-0.05, 0) is 177 Å². The van der Waals surface area contributed by atoms with Gasteiger partial charge in [0.2, 0.25) is 0 Å². The zero-order valence-electron chi connectivity index (χ0n) is 44.1. The Morgan fingerprint density at radius 3 is 1.28 bits per heavy atom. The first-order chi connectivity index (χ1) is 40.2. The molecule has 2 heterocycles. The number of nitrogens with zero attached hydrogens (tertiary/aromatic N) is 2. The van der Waals surface area contributed by atoms with Crippen LogP contribution in [0.1, 0.15) is 22.3 Å². The maximum Gasteiger partial charge on any atom is 0.0731 e. The van der Waals surface area contributed by atoms with Crippen LogP contribution in [0.4, 0.5) is 0 Å². The Bertz CT molecular complexity index is 5130. The molecule has 0 saturated carbocycles. The van der Waals surface area contributed by atoms with Gasteiger partial charge in [-0.1, -0.05) is 224 Å². The van der Waals surface area contributed by atoms with Gasteiger partial charge in [0.15, 0.2) is 0 Å². The first kappa shape index (κ1) is 44.4. The van der Waals surface area contributed by atoms with Crippen molar-refractivity contribution in [1.82, 2.24) is 9.13 Å². The lowest BCUT2D eigenvalue weighted by molar-refractivity contribution is 0.801. The summed E-state index contributed by atoms with van der Waals surface area (Å²) < 4.78 is 4.82. The third kappa shape index (κ3) is 6.00. The summed E-state index contributed by atoms with van der Waals surface area (Å²) in [6, 6.07) is 110. The number of aromatic nitrogens is 2. The molecule has 0 fully saturated rings. The normalized spacial score (nSPS) is 14.2. The van der Waals surface area contributed by atoms with Crippen molar-refractivity contribution in [3.63, 3.8) is 0 Å². The quantitative estimate of drug-likeness (QED) is 0.152. The summed E-state index contributed by atoms with van der Waals surface area (Å²) in [4.78, 5) is 0. The minimum Gasteiger partial charge on any atom is -0.309 e. The maximum atomic E-state index is 2.52. The second kappa shape index (κ2) is 16.7. The van der Waals surface area contributed by atoms with Crippen LogP contribution in [0.2, 0.25) is 0 Å². The van der Waals surface area contributed by atoms with Gasteiger partial charge >= 0.3 is 0 Å². The molecule has 81 heavy (non-hydrogen) atoms. The SMILES string of the molecule is c1ccc(-n2c3ccccc3c3cc(-c4cccc5c(-c6cccc7c6-c6ccccc6C76c7ccccc7-c7ccc8ccccc8c76)c6cccc(-c7ccc8c(c7)c7ccccc7n8-c7ccccc7)c6cc45)ccc32)cc1. The van der Waals surface area contributed by atoms with Crippen LogP contribution in [0, 0.1) is 0 Å². The minimum absolute atomic E-state index is 0.534. The predicted octanol–water partition coefficient (Wildman–Crippen LogP) is 20.7. The van der Waals surface area contributed by atoms with Gasteiger partial charge in [0, 0.05) is 32.9 Å². The van der Waals surface area contributed by atoms with Crippen molar-refractivity contribution in [2.45, 2.75) is 5.41 Å². The van der Waals surface area contributed by atoms with Gasteiger partial charge in [0.1, 0.15) is 0 Å². The van der Waals surface area contributed by atoms with Gasteiger partial charge < -0.3 is 9.13 Å². The van der Waals surface area contributed by atoms with E-state index in [4.69, 9.17) is 0 Å².